The Balaban J connectivity index is 1.11. The average Bonchev–Trinajstić information content (AvgIpc) is 3.80. The molecule has 0 spiro atoms. The predicted molar refractivity (Wildman–Crippen MR) is 228 cm³/mol. The van der Waals surface area contributed by atoms with Gasteiger partial charge in [-0.15, -0.1) is 0 Å². The molecule has 6 heterocycles. The fraction of sp³-hybridized carbons (Fsp3) is 0. The van der Waals surface area contributed by atoms with Crippen molar-refractivity contribution in [1.29, 1.82) is 0 Å². The molecule has 11 aromatic rings. The standard InChI is InChI=1S/C50H32N6/c1-2-14-36(15-3-1)55-45-21-5-4-17-39(45)49-38(18-11-22-46(49)55)34-24-25-40-48(32-34)56(47-23-12-28-53-50(40)47)37-16-10-13-33(29-37)35-30-43(41-19-6-8-26-51-41)54-44(31-35)42-20-7-9-27-52-42/h1-32H. The molecule has 56 heavy (non-hydrogen) atoms. The first kappa shape index (κ1) is 31.8. The Morgan fingerprint density at radius 1 is 0.339 bits per heavy atom. The monoisotopic (exact) mass is 716 g/mol. The smallest absolute Gasteiger partial charge is 0.0963 e. The minimum atomic E-state index is 0.794. The van der Waals surface area contributed by atoms with Crippen LogP contribution in [0.2, 0.25) is 0 Å². The number of hydrogen-bond acceptors (Lipinski definition) is 4. The van der Waals surface area contributed by atoms with Crippen LogP contribution in [0, 0.1) is 0 Å². The highest BCUT2D eigenvalue weighted by molar-refractivity contribution is 6.17. The molecule has 6 aromatic heterocycles. The second-order valence-electron chi connectivity index (χ2n) is 13.9. The molecular formula is C50H32N6. The highest BCUT2D eigenvalue weighted by atomic mass is 15.0. The normalized spacial score (nSPS) is 11.6. The lowest BCUT2D eigenvalue weighted by Gasteiger charge is -2.13. The van der Waals surface area contributed by atoms with Crippen LogP contribution in [-0.4, -0.2) is 29.1 Å². The summed E-state index contributed by atoms with van der Waals surface area (Å²) in [7, 11) is 0. The Labute approximate surface area is 322 Å². The number of fused-ring (bicyclic) bond motifs is 6. The summed E-state index contributed by atoms with van der Waals surface area (Å²) in [6.07, 6.45) is 5.49. The van der Waals surface area contributed by atoms with Crippen molar-refractivity contribution in [2.45, 2.75) is 0 Å². The molecule has 0 unspecified atom stereocenters. The predicted octanol–water partition coefficient (Wildman–Crippen LogP) is 12.1. The lowest BCUT2D eigenvalue weighted by molar-refractivity contribution is 1.17. The van der Waals surface area contributed by atoms with E-state index in [2.05, 4.69) is 153 Å². The van der Waals surface area contributed by atoms with Crippen molar-refractivity contribution in [1.82, 2.24) is 29.1 Å². The Bertz CT molecular complexity index is 3180. The zero-order chi connectivity index (χ0) is 37.0. The summed E-state index contributed by atoms with van der Waals surface area (Å²) in [5, 5.41) is 3.57. The lowest BCUT2D eigenvalue weighted by Crippen LogP contribution is -1.96. The van der Waals surface area contributed by atoms with E-state index in [1.807, 2.05) is 48.7 Å². The number of hydrogen-bond donors (Lipinski definition) is 0. The van der Waals surface area contributed by atoms with Crippen molar-refractivity contribution in [2.24, 2.45) is 0 Å². The van der Waals surface area contributed by atoms with Crippen LogP contribution < -0.4 is 0 Å². The van der Waals surface area contributed by atoms with Crippen LogP contribution in [0.15, 0.2) is 195 Å². The quantitative estimate of drug-likeness (QED) is 0.172. The van der Waals surface area contributed by atoms with Gasteiger partial charge in [0.1, 0.15) is 0 Å². The average molecular weight is 717 g/mol. The molecule has 5 aromatic carbocycles. The maximum absolute atomic E-state index is 5.01. The summed E-state index contributed by atoms with van der Waals surface area (Å²) in [4.78, 5) is 19.2. The Morgan fingerprint density at radius 3 is 1.79 bits per heavy atom. The number of aromatic nitrogens is 6. The van der Waals surface area contributed by atoms with Crippen LogP contribution in [0.1, 0.15) is 0 Å². The Hall–Kier alpha value is -7.70. The molecule has 0 fully saturated rings. The van der Waals surface area contributed by atoms with Gasteiger partial charge in [0.2, 0.25) is 0 Å². The van der Waals surface area contributed by atoms with Crippen molar-refractivity contribution < 1.29 is 0 Å². The zero-order valence-corrected chi connectivity index (χ0v) is 30.2. The topological polar surface area (TPSA) is 61.4 Å². The SMILES string of the molecule is c1ccc(-n2c3ccccc3c3c(-c4ccc5c6ncccc6n(-c6cccc(-c7cc(-c8ccccn8)nc(-c8ccccn8)c7)c6)c5c4)cccc32)cc1. The fourth-order valence-corrected chi connectivity index (χ4v) is 8.21. The van der Waals surface area contributed by atoms with E-state index in [-0.39, 0.29) is 0 Å². The van der Waals surface area contributed by atoms with Crippen LogP contribution in [-0.2, 0) is 0 Å². The molecule has 0 bridgehead atoms. The van der Waals surface area contributed by atoms with E-state index < -0.39 is 0 Å². The largest absolute Gasteiger partial charge is 0.309 e. The van der Waals surface area contributed by atoms with Crippen molar-refractivity contribution in [3.63, 3.8) is 0 Å². The minimum Gasteiger partial charge on any atom is -0.309 e. The van der Waals surface area contributed by atoms with Crippen molar-refractivity contribution in [3.05, 3.63) is 195 Å². The summed E-state index contributed by atoms with van der Waals surface area (Å²) in [6, 6.07) is 61.7. The van der Waals surface area contributed by atoms with Crippen LogP contribution in [0.3, 0.4) is 0 Å². The summed E-state index contributed by atoms with van der Waals surface area (Å²) in [6.45, 7) is 0. The molecule has 0 aliphatic rings. The van der Waals surface area contributed by atoms with Gasteiger partial charge in [0.25, 0.3) is 0 Å². The number of pyridine rings is 4. The van der Waals surface area contributed by atoms with Crippen molar-refractivity contribution in [3.8, 4) is 56.4 Å². The Morgan fingerprint density at radius 2 is 1.00 bits per heavy atom. The number of rotatable bonds is 6. The summed E-state index contributed by atoms with van der Waals surface area (Å²) >= 11 is 0. The van der Waals surface area contributed by atoms with Gasteiger partial charge in [-0.1, -0.05) is 78.9 Å². The van der Waals surface area contributed by atoms with Gasteiger partial charge in [-0.05, 0) is 119 Å². The molecule has 0 aliphatic carbocycles. The third kappa shape index (κ3) is 5.19. The highest BCUT2D eigenvalue weighted by Crippen LogP contribution is 2.41. The van der Waals surface area contributed by atoms with Gasteiger partial charge in [-0.25, -0.2) is 4.98 Å². The van der Waals surface area contributed by atoms with Gasteiger partial charge in [0, 0.05) is 46.1 Å². The number of benzene rings is 5. The molecule has 11 rings (SSSR count). The van der Waals surface area contributed by atoms with E-state index in [1.54, 1.807) is 12.4 Å². The maximum atomic E-state index is 5.01. The van der Waals surface area contributed by atoms with E-state index >= 15 is 0 Å². The molecule has 0 saturated heterocycles. The molecule has 0 amide bonds. The first-order valence-corrected chi connectivity index (χ1v) is 18.7. The third-order valence-corrected chi connectivity index (χ3v) is 10.7. The molecule has 0 saturated carbocycles. The molecule has 0 aliphatic heterocycles. The van der Waals surface area contributed by atoms with Gasteiger partial charge >= 0.3 is 0 Å². The highest BCUT2D eigenvalue weighted by Gasteiger charge is 2.19. The summed E-state index contributed by atoms with van der Waals surface area (Å²) in [5.74, 6) is 0. The van der Waals surface area contributed by atoms with Crippen molar-refractivity contribution >= 4 is 43.7 Å². The van der Waals surface area contributed by atoms with Crippen molar-refractivity contribution in [2.75, 3.05) is 0 Å². The van der Waals surface area contributed by atoms with Crippen LogP contribution in [0.25, 0.3) is 100 Å². The fourth-order valence-electron chi connectivity index (χ4n) is 8.21. The van der Waals surface area contributed by atoms with E-state index in [0.29, 0.717) is 0 Å². The molecule has 6 heteroatoms. The summed E-state index contributed by atoms with van der Waals surface area (Å²) < 4.78 is 4.72. The van der Waals surface area contributed by atoms with E-state index in [4.69, 9.17) is 9.97 Å². The van der Waals surface area contributed by atoms with Crippen LogP contribution in [0.4, 0.5) is 0 Å². The molecule has 0 atom stereocenters. The van der Waals surface area contributed by atoms with Gasteiger partial charge in [-0.3, -0.25) is 15.0 Å². The van der Waals surface area contributed by atoms with E-state index in [0.717, 1.165) is 72.8 Å². The van der Waals surface area contributed by atoms with Gasteiger partial charge in [-0.2, -0.15) is 0 Å². The lowest BCUT2D eigenvalue weighted by atomic mass is 9.98. The van der Waals surface area contributed by atoms with E-state index in [1.165, 1.54) is 27.4 Å². The molecular weight excluding hydrogens is 685 g/mol. The van der Waals surface area contributed by atoms with E-state index in [9.17, 15) is 0 Å². The maximum Gasteiger partial charge on any atom is 0.0963 e. The second kappa shape index (κ2) is 13.0. The third-order valence-electron chi connectivity index (χ3n) is 10.7. The first-order valence-electron chi connectivity index (χ1n) is 18.7. The van der Waals surface area contributed by atoms with Crippen LogP contribution in [0.5, 0.6) is 0 Å². The first-order chi connectivity index (χ1) is 27.8. The number of para-hydroxylation sites is 2. The van der Waals surface area contributed by atoms with Crippen LogP contribution >= 0.6 is 0 Å². The second-order valence-corrected chi connectivity index (χ2v) is 13.9. The number of nitrogens with zero attached hydrogens (tertiary/aromatic N) is 6. The molecule has 0 N–H and O–H groups in total. The minimum absolute atomic E-state index is 0.794. The van der Waals surface area contributed by atoms with Gasteiger partial charge in [0.05, 0.1) is 50.4 Å². The Kier molecular flexibility index (Phi) is 7.38. The summed E-state index contributed by atoms with van der Waals surface area (Å²) in [5.41, 5.74) is 15.3. The molecule has 0 radical (unpaired) electrons. The zero-order valence-electron chi connectivity index (χ0n) is 30.2. The van der Waals surface area contributed by atoms with Gasteiger partial charge < -0.3 is 9.13 Å². The molecule has 6 nitrogen and oxygen atoms in total. The molecule has 262 valence electrons. The van der Waals surface area contributed by atoms with Gasteiger partial charge in [0.15, 0.2) is 0 Å².